The maximum Gasteiger partial charge on any atom is 0.416 e. The second kappa shape index (κ2) is 10.3. The summed E-state index contributed by atoms with van der Waals surface area (Å²) in [5.41, 5.74) is 0.176. The molecule has 4 aromatic rings. The Morgan fingerprint density at radius 3 is 2.44 bits per heavy atom. The number of hydrogen-bond donors (Lipinski definition) is 1. The summed E-state index contributed by atoms with van der Waals surface area (Å²) in [6.45, 7) is 1.58. The van der Waals surface area contributed by atoms with Crippen LogP contribution in [-0.2, 0) is 6.18 Å². The first kappa shape index (κ1) is 26.0. The second-order valence-corrected chi connectivity index (χ2v) is 9.51. The SMILES string of the molecule is Cc1c(-c2ccnn2-c2ccc(C#N)cc2)n(C(=O)NC2CCCCC2)c(=O)n1-c1cccc(C(F)(F)F)c1. The summed E-state index contributed by atoms with van der Waals surface area (Å²) < 4.78 is 44.1. The molecule has 11 heteroatoms. The fraction of sp³-hybridized carbons (Fsp3) is 0.286. The van der Waals surface area contributed by atoms with Gasteiger partial charge in [-0.2, -0.15) is 23.5 Å². The molecule has 0 spiro atoms. The summed E-state index contributed by atoms with van der Waals surface area (Å²) in [6, 6.07) is 14.0. The largest absolute Gasteiger partial charge is 0.416 e. The summed E-state index contributed by atoms with van der Waals surface area (Å²) in [7, 11) is 0. The number of imidazole rings is 1. The van der Waals surface area contributed by atoms with Crippen LogP contribution >= 0.6 is 0 Å². The molecule has 39 heavy (non-hydrogen) atoms. The molecule has 0 bridgehead atoms. The van der Waals surface area contributed by atoms with E-state index in [2.05, 4.69) is 16.5 Å². The summed E-state index contributed by atoms with van der Waals surface area (Å²) in [6.07, 6.45) is 1.46. The van der Waals surface area contributed by atoms with E-state index in [1.54, 1.807) is 37.3 Å². The molecule has 1 aliphatic rings. The van der Waals surface area contributed by atoms with E-state index in [0.717, 1.165) is 53.4 Å². The topological polar surface area (TPSA) is 97.6 Å². The van der Waals surface area contributed by atoms with Crippen LogP contribution in [0.15, 0.2) is 65.6 Å². The van der Waals surface area contributed by atoms with Crippen LogP contribution in [0.5, 0.6) is 0 Å². The van der Waals surface area contributed by atoms with Crippen molar-refractivity contribution in [2.75, 3.05) is 0 Å². The quantitative estimate of drug-likeness (QED) is 0.370. The van der Waals surface area contributed by atoms with Crippen LogP contribution in [-0.4, -0.2) is 31.0 Å². The molecule has 1 fully saturated rings. The molecular formula is C28H25F3N6O2. The van der Waals surface area contributed by atoms with Crippen molar-refractivity contribution in [3.05, 3.63) is 88.1 Å². The number of rotatable bonds is 4. The monoisotopic (exact) mass is 534 g/mol. The Hall–Kier alpha value is -4.59. The Kier molecular flexibility index (Phi) is 6.87. The van der Waals surface area contributed by atoms with Crippen LogP contribution in [0.25, 0.3) is 22.8 Å². The molecule has 0 atom stereocenters. The Labute approximate surface area is 221 Å². The number of nitrogens with one attached hydrogen (secondary N) is 1. The van der Waals surface area contributed by atoms with Gasteiger partial charge in [0.05, 0.1) is 46.2 Å². The van der Waals surface area contributed by atoms with Crippen molar-refractivity contribution in [1.82, 2.24) is 24.2 Å². The standard InChI is InChI=1S/C28H25F3N6O2/c1-18-25(24-14-15-33-37(24)22-12-10-19(17-32)11-13-22)36(26(38)34-21-7-3-2-4-8-21)27(39)35(18)23-9-5-6-20(16-23)28(29,30)31/h5-6,9-16,21H,2-4,7-8H2,1H3,(H,34,38). The van der Waals surface area contributed by atoms with E-state index in [9.17, 15) is 22.8 Å². The van der Waals surface area contributed by atoms with Crippen molar-refractivity contribution in [2.24, 2.45) is 0 Å². The third kappa shape index (κ3) is 4.97. The van der Waals surface area contributed by atoms with Gasteiger partial charge in [-0.3, -0.25) is 4.57 Å². The molecule has 200 valence electrons. The lowest BCUT2D eigenvalue weighted by Crippen LogP contribution is -2.43. The molecule has 1 aliphatic carbocycles. The zero-order valence-electron chi connectivity index (χ0n) is 21.1. The molecule has 0 aliphatic heterocycles. The lowest BCUT2D eigenvalue weighted by atomic mass is 9.96. The molecule has 2 aromatic carbocycles. The predicted molar refractivity (Wildman–Crippen MR) is 138 cm³/mol. The molecule has 5 rings (SSSR count). The van der Waals surface area contributed by atoms with Gasteiger partial charge in [0.2, 0.25) is 0 Å². The molecule has 8 nitrogen and oxygen atoms in total. The number of nitrogens with zero attached hydrogens (tertiary/aromatic N) is 5. The van der Waals surface area contributed by atoms with Crippen molar-refractivity contribution >= 4 is 6.03 Å². The molecule has 0 saturated heterocycles. The highest BCUT2D eigenvalue weighted by Crippen LogP contribution is 2.32. The summed E-state index contributed by atoms with van der Waals surface area (Å²) >= 11 is 0. The number of benzene rings is 2. The van der Waals surface area contributed by atoms with E-state index in [4.69, 9.17) is 5.26 Å². The number of carbonyl (C=O) groups excluding carboxylic acids is 1. The van der Waals surface area contributed by atoms with Gasteiger partial charge in [-0.05, 0) is 68.3 Å². The number of nitriles is 1. The maximum absolute atomic E-state index is 13.8. The van der Waals surface area contributed by atoms with E-state index in [1.165, 1.54) is 23.0 Å². The van der Waals surface area contributed by atoms with Gasteiger partial charge >= 0.3 is 17.9 Å². The molecule has 2 heterocycles. The van der Waals surface area contributed by atoms with Crippen LogP contribution in [0, 0.1) is 18.3 Å². The van der Waals surface area contributed by atoms with Gasteiger partial charge in [0.15, 0.2) is 0 Å². The predicted octanol–water partition coefficient (Wildman–Crippen LogP) is 5.58. The van der Waals surface area contributed by atoms with Crippen molar-refractivity contribution in [3.63, 3.8) is 0 Å². The van der Waals surface area contributed by atoms with Gasteiger partial charge in [-0.15, -0.1) is 0 Å². The van der Waals surface area contributed by atoms with Crippen LogP contribution in [0.3, 0.4) is 0 Å². The van der Waals surface area contributed by atoms with E-state index < -0.39 is 23.5 Å². The number of aromatic nitrogens is 4. The minimum atomic E-state index is -4.61. The number of hydrogen-bond acceptors (Lipinski definition) is 4. The van der Waals surface area contributed by atoms with Crippen LogP contribution in [0.4, 0.5) is 18.0 Å². The zero-order chi connectivity index (χ0) is 27.7. The van der Waals surface area contributed by atoms with Crippen LogP contribution in [0.1, 0.15) is 48.9 Å². The lowest BCUT2D eigenvalue weighted by molar-refractivity contribution is -0.137. The normalized spacial score (nSPS) is 14.2. The Bertz CT molecular complexity index is 1620. The number of alkyl halides is 3. The van der Waals surface area contributed by atoms with Crippen molar-refractivity contribution < 1.29 is 18.0 Å². The van der Waals surface area contributed by atoms with Crippen LogP contribution < -0.4 is 11.0 Å². The van der Waals surface area contributed by atoms with Gasteiger partial charge in [-0.1, -0.05) is 25.3 Å². The van der Waals surface area contributed by atoms with Gasteiger partial charge in [0.1, 0.15) is 5.69 Å². The average molecular weight is 535 g/mol. The second-order valence-electron chi connectivity index (χ2n) is 9.51. The molecule has 0 radical (unpaired) electrons. The molecule has 0 unspecified atom stereocenters. The average Bonchev–Trinajstić information content (AvgIpc) is 3.50. The van der Waals surface area contributed by atoms with E-state index in [0.29, 0.717) is 16.9 Å². The molecule has 1 N–H and O–H groups in total. The van der Waals surface area contributed by atoms with Gasteiger partial charge in [0.25, 0.3) is 0 Å². The van der Waals surface area contributed by atoms with Gasteiger partial charge < -0.3 is 5.32 Å². The van der Waals surface area contributed by atoms with Crippen molar-refractivity contribution in [2.45, 2.75) is 51.2 Å². The number of amides is 1. The minimum Gasteiger partial charge on any atom is -0.335 e. The fourth-order valence-corrected chi connectivity index (χ4v) is 5.07. The lowest BCUT2D eigenvalue weighted by Gasteiger charge is -2.23. The summed E-state index contributed by atoms with van der Waals surface area (Å²) in [4.78, 5) is 27.4. The summed E-state index contributed by atoms with van der Waals surface area (Å²) in [5.74, 6) is 0. The smallest absolute Gasteiger partial charge is 0.335 e. The number of carbonyl (C=O) groups is 1. The maximum atomic E-state index is 13.8. The molecule has 1 amide bonds. The highest BCUT2D eigenvalue weighted by atomic mass is 19.4. The minimum absolute atomic E-state index is 0.0118. The Morgan fingerprint density at radius 1 is 1.05 bits per heavy atom. The third-order valence-corrected chi connectivity index (χ3v) is 6.98. The number of halogens is 3. The first-order valence-corrected chi connectivity index (χ1v) is 12.6. The molecular weight excluding hydrogens is 509 g/mol. The highest BCUT2D eigenvalue weighted by molar-refractivity contribution is 5.83. The molecule has 2 aromatic heterocycles. The van der Waals surface area contributed by atoms with Crippen molar-refractivity contribution in [3.8, 4) is 28.8 Å². The third-order valence-electron chi connectivity index (χ3n) is 6.98. The Balaban J connectivity index is 1.69. The Morgan fingerprint density at radius 2 is 1.77 bits per heavy atom. The van der Waals surface area contributed by atoms with E-state index >= 15 is 0 Å². The van der Waals surface area contributed by atoms with E-state index in [1.807, 2.05) is 0 Å². The summed E-state index contributed by atoms with van der Waals surface area (Å²) in [5, 5.41) is 16.5. The molecule has 1 saturated carbocycles. The van der Waals surface area contributed by atoms with Crippen LogP contribution in [0.2, 0.25) is 0 Å². The van der Waals surface area contributed by atoms with Gasteiger partial charge in [-0.25, -0.2) is 18.8 Å². The van der Waals surface area contributed by atoms with Gasteiger partial charge in [0, 0.05) is 6.04 Å². The highest BCUT2D eigenvalue weighted by Gasteiger charge is 2.32. The zero-order valence-corrected chi connectivity index (χ0v) is 21.1. The fourth-order valence-electron chi connectivity index (χ4n) is 5.07. The first-order chi connectivity index (χ1) is 18.7. The van der Waals surface area contributed by atoms with E-state index in [-0.39, 0.29) is 23.1 Å². The van der Waals surface area contributed by atoms with Crippen molar-refractivity contribution in [1.29, 1.82) is 5.26 Å². The first-order valence-electron chi connectivity index (χ1n) is 12.6.